The largest absolute Gasteiger partial charge is 0.477 e. The van der Waals surface area contributed by atoms with E-state index in [4.69, 9.17) is 9.52 Å². The third-order valence-corrected chi connectivity index (χ3v) is 5.53. The Labute approximate surface area is 120 Å². The Morgan fingerprint density at radius 2 is 2.25 bits per heavy atom. The molecular formula is C12H13NO5S2. The Kier molecular flexibility index (Phi) is 4.26. The number of furan rings is 1. The first-order valence-corrected chi connectivity index (χ1v) is 8.10. The third kappa shape index (κ3) is 3.09. The number of carboxylic acid groups (broad SMARTS) is 1. The van der Waals surface area contributed by atoms with E-state index in [-0.39, 0.29) is 16.3 Å². The molecule has 0 radical (unpaired) electrons. The van der Waals surface area contributed by atoms with Gasteiger partial charge in [-0.1, -0.05) is 0 Å². The summed E-state index contributed by atoms with van der Waals surface area (Å²) in [4.78, 5) is 10.7. The van der Waals surface area contributed by atoms with E-state index in [1.54, 1.807) is 13.0 Å². The van der Waals surface area contributed by atoms with Crippen LogP contribution in [0.15, 0.2) is 33.3 Å². The van der Waals surface area contributed by atoms with Crippen molar-refractivity contribution in [2.24, 2.45) is 0 Å². The molecule has 0 aliphatic rings. The molecule has 0 aromatic carbocycles. The Morgan fingerprint density at radius 3 is 2.85 bits per heavy atom. The smallest absolute Gasteiger partial charge is 0.347 e. The minimum Gasteiger partial charge on any atom is -0.477 e. The van der Waals surface area contributed by atoms with Gasteiger partial charge in [0.2, 0.25) is 10.0 Å². The highest BCUT2D eigenvalue weighted by Crippen LogP contribution is 2.26. The first-order valence-electron chi connectivity index (χ1n) is 5.74. The van der Waals surface area contributed by atoms with Gasteiger partial charge in [0.1, 0.15) is 9.77 Å². The van der Waals surface area contributed by atoms with Crippen LogP contribution in [0.25, 0.3) is 0 Å². The maximum absolute atomic E-state index is 12.2. The fourth-order valence-electron chi connectivity index (χ4n) is 1.75. The van der Waals surface area contributed by atoms with Crippen LogP contribution in [0.5, 0.6) is 0 Å². The minimum absolute atomic E-state index is 0.151. The number of carbonyl (C=O) groups is 1. The van der Waals surface area contributed by atoms with Crippen LogP contribution in [0.2, 0.25) is 0 Å². The molecular weight excluding hydrogens is 302 g/mol. The van der Waals surface area contributed by atoms with Crippen molar-refractivity contribution in [2.45, 2.75) is 18.2 Å². The van der Waals surface area contributed by atoms with Crippen LogP contribution in [0.4, 0.5) is 0 Å². The topological polar surface area (TPSA) is 96.6 Å². The normalized spacial score (nSPS) is 11.7. The zero-order valence-electron chi connectivity index (χ0n) is 10.6. The number of aryl methyl sites for hydroxylation is 1. The number of aromatic carboxylic acids is 1. The van der Waals surface area contributed by atoms with Gasteiger partial charge in [0, 0.05) is 6.54 Å². The summed E-state index contributed by atoms with van der Waals surface area (Å²) < 4.78 is 31.6. The molecule has 2 heterocycles. The standard InChI is InChI=1S/C12H13NO5S2/c1-8-7-19-10(12(14)15)11(8)20(16,17)13-4-2-9-3-5-18-6-9/h3,5-7,13H,2,4H2,1H3,(H,14,15). The van der Waals surface area contributed by atoms with Crippen LogP contribution >= 0.6 is 11.3 Å². The van der Waals surface area contributed by atoms with Crippen LogP contribution < -0.4 is 4.72 Å². The van der Waals surface area contributed by atoms with Gasteiger partial charge in [-0.25, -0.2) is 17.9 Å². The summed E-state index contributed by atoms with van der Waals surface area (Å²) in [5.74, 6) is -1.24. The fraction of sp³-hybridized carbons (Fsp3) is 0.250. The van der Waals surface area contributed by atoms with Gasteiger partial charge in [-0.3, -0.25) is 0 Å². The molecule has 0 aliphatic heterocycles. The highest BCUT2D eigenvalue weighted by molar-refractivity contribution is 7.89. The fourth-order valence-corrected chi connectivity index (χ4v) is 4.41. The van der Waals surface area contributed by atoms with E-state index in [9.17, 15) is 13.2 Å². The second-order valence-electron chi connectivity index (χ2n) is 4.16. The van der Waals surface area contributed by atoms with E-state index in [2.05, 4.69) is 4.72 Å². The van der Waals surface area contributed by atoms with Gasteiger partial charge in [0.15, 0.2) is 0 Å². The molecule has 0 bridgehead atoms. The molecule has 0 atom stereocenters. The summed E-state index contributed by atoms with van der Waals surface area (Å²) >= 11 is 0.909. The maximum atomic E-state index is 12.2. The molecule has 0 unspecified atom stereocenters. The quantitative estimate of drug-likeness (QED) is 0.848. The van der Waals surface area contributed by atoms with Gasteiger partial charge in [0.25, 0.3) is 0 Å². The number of carboxylic acids is 1. The molecule has 2 aromatic rings. The lowest BCUT2D eigenvalue weighted by molar-refractivity contribution is 0.0698. The molecule has 108 valence electrons. The average molecular weight is 315 g/mol. The third-order valence-electron chi connectivity index (χ3n) is 2.67. The van der Waals surface area contributed by atoms with Crippen LogP contribution in [0.3, 0.4) is 0 Å². The van der Waals surface area contributed by atoms with E-state index in [0.717, 1.165) is 16.9 Å². The zero-order chi connectivity index (χ0) is 14.8. The Balaban J connectivity index is 2.14. The molecule has 2 rings (SSSR count). The Bertz CT molecular complexity index is 700. The van der Waals surface area contributed by atoms with Crippen molar-refractivity contribution in [3.63, 3.8) is 0 Å². The van der Waals surface area contributed by atoms with Gasteiger partial charge in [-0.05, 0) is 35.9 Å². The molecule has 0 aliphatic carbocycles. The molecule has 0 saturated carbocycles. The number of hydrogen-bond donors (Lipinski definition) is 2. The molecule has 0 amide bonds. The Hall–Kier alpha value is -1.64. The van der Waals surface area contributed by atoms with Crippen LogP contribution in [-0.4, -0.2) is 26.0 Å². The van der Waals surface area contributed by atoms with E-state index in [0.29, 0.717) is 12.0 Å². The summed E-state index contributed by atoms with van der Waals surface area (Å²) in [7, 11) is -3.83. The summed E-state index contributed by atoms with van der Waals surface area (Å²) in [5.41, 5.74) is 1.30. The van der Waals surface area contributed by atoms with Crippen molar-refractivity contribution in [1.82, 2.24) is 4.72 Å². The van der Waals surface area contributed by atoms with Gasteiger partial charge in [-0.2, -0.15) is 0 Å². The summed E-state index contributed by atoms with van der Waals surface area (Å²) in [6, 6.07) is 1.74. The first-order chi connectivity index (χ1) is 9.42. The monoisotopic (exact) mass is 315 g/mol. The second kappa shape index (κ2) is 5.78. The summed E-state index contributed by atoms with van der Waals surface area (Å²) in [6.07, 6.45) is 3.52. The van der Waals surface area contributed by atoms with Crippen molar-refractivity contribution in [3.8, 4) is 0 Å². The molecule has 20 heavy (non-hydrogen) atoms. The number of nitrogens with one attached hydrogen (secondary N) is 1. The molecule has 0 saturated heterocycles. The first kappa shape index (κ1) is 14.8. The molecule has 2 aromatic heterocycles. The predicted octanol–water partition coefficient (Wildman–Crippen LogP) is 1.87. The second-order valence-corrected chi connectivity index (χ2v) is 6.74. The lowest BCUT2D eigenvalue weighted by Gasteiger charge is -2.07. The van der Waals surface area contributed by atoms with Gasteiger partial charge in [0.05, 0.1) is 12.5 Å². The SMILES string of the molecule is Cc1csc(C(=O)O)c1S(=O)(=O)NCCc1ccoc1. The number of thiophene rings is 1. The van der Waals surface area contributed by atoms with Crippen LogP contribution in [-0.2, 0) is 16.4 Å². The van der Waals surface area contributed by atoms with Gasteiger partial charge in [-0.15, -0.1) is 11.3 Å². The zero-order valence-corrected chi connectivity index (χ0v) is 12.3. The summed E-state index contributed by atoms with van der Waals surface area (Å²) in [5, 5.41) is 10.5. The van der Waals surface area contributed by atoms with E-state index < -0.39 is 16.0 Å². The van der Waals surface area contributed by atoms with Crippen molar-refractivity contribution in [1.29, 1.82) is 0 Å². The maximum Gasteiger partial charge on any atom is 0.347 e. The lowest BCUT2D eigenvalue weighted by Crippen LogP contribution is -2.27. The number of hydrogen-bond acceptors (Lipinski definition) is 5. The van der Waals surface area contributed by atoms with Gasteiger partial charge >= 0.3 is 5.97 Å². The number of sulfonamides is 1. The van der Waals surface area contributed by atoms with Crippen molar-refractivity contribution < 1.29 is 22.7 Å². The lowest BCUT2D eigenvalue weighted by atomic mass is 10.2. The van der Waals surface area contributed by atoms with E-state index in [1.165, 1.54) is 17.9 Å². The highest BCUT2D eigenvalue weighted by atomic mass is 32.2. The molecule has 2 N–H and O–H groups in total. The van der Waals surface area contributed by atoms with Crippen molar-refractivity contribution >= 4 is 27.3 Å². The average Bonchev–Trinajstić information content (AvgIpc) is 2.98. The molecule has 0 fully saturated rings. The van der Waals surface area contributed by atoms with Gasteiger partial charge < -0.3 is 9.52 Å². The molecule has 6 nitrogen and oxygen atoms in total. The van der Waals surface area contributed by atoms with Crippen molar-refractivity contribution in [3.05, 3.63) is 40.0 Å². The van der Waals surface area contributed by atoms with E-state index >= 15 is 0 Å². The highest BCUT2D eigenvalue weighted by Gasteiger charge is 2.26. The van der Waals surface area contributed by atoms with Crippen LogP contribution in [0.1, 0.15) is 20.8 Å². The Morgan fingerprint density at radius 1 is 1.50 bits per heavy atom. The molecule has 0 spiro atoms. The summed E-state index contributed by atoms with van der Waals surface area (Å²) in [6.45, 7) is 1.75. The minimum atomic E-state index is -3.83. The predicted molar refractivity (Wildman–Crippen MR) is 73.6 cm³/mol. The van der Waals surface area contributed by atoms with Crippen LogP contribution in [0, 0.1) is 6.92 Å². The van der Waals surface area contributed by atoms with Crippen molar-refractivity contribution in [2.75, 3.05) is 6.54 Å². The number of rotatable bonds is 6. The molecule has 8 heteroatoms. The van der Waals surface area contributed by atoms with E-state index in [1.807, 2.05) is 0 Å².